The lowest BCUT2D eigenvalue weighted by Crippen LogP contribution is -2.45. The van der Waals surface area contributed by atoms with Crippen LogP contribution >= 0.6 is 0 Å². The predicted molar refractivity (Wildman–Crippen MR) is 102 cm³/mol. The molecule has 0 saturated carbocycles. The van der Waals surface area contributed by atoms with E-state index in [0.717, 1.165) is 24.8 Å². The standard InChI is InChI=1S/C20H29N3O4/c1-3-5-6-7-12-21-19(25)18-14-22(20(26)23(18)4-2)13-16-8-10-17(11-9-16)27-15-24/h8-11,15,18H,3-7,12-14H2,1-2H3,(H,21,25)/t18-/m0/s1. The maximum atomic E-state index is 12.6. The number of unbranched alkanes of at least 4 members (excludes halogenated alkanes) is 3. The minimum Gasteiger partial charge on any atom is -0.429 e. The first-order valence-electron chi connectivity index (χ1n) is 9.63. The molecule has 0 aliphatic carbocycles. The number of hydrogen-bond donors (Lipinski definition) is 1. The third-order valence-electron chi connectivity index (χ3n) is 4.74. The zero-order chi connectivity index (χ0) is 19.6. The van der Waals surface area contributed by atoms with Gasteiger partial charge in [0.2, 0.25) is 5.91 Å². The van der Waals surface area contributed by atoms with Crippen molar-refractivity contribution in [2.24, 2.45) is 0 Å². The molecule has 0 bridgehead atoms. The summed E-state index contributed by atoms with van der Waals surface area (Å²) in [6.45, 7) is 6.35. The molecule has 2 rings (SSSR count). The van der Waals surface area contributed by atoms with Gasteiger partial charge in [-0.15, -0.1) is 0 Å². The number of amides is 3. The molecular formula is C20H29N3O4. The van der Waals surface area contributed by atoms with E-state index in [1.165, 1.54) is 6.42 Å². The molecule has 1 saturated heterocycles. The van der Waals surface area contributed by atoms with E-state index in [2.05, 4.69) is 12.2 Å². The summed E-state index contributed by atoms with van der Waals surface area (Å²) >= 11 is 0. The number of nitrogens with one attached hydrogen (secondary N) is 1. The van der Waals surface area contributed by atoms with Crippen LogP contribution < -0.4 is 10.1 Å². The first kappa shape index (κ1) is 20.7. The zero-order valence-corrected chi connectivity index (χ0v) is 16.1. The number of benzene rings is 1. The first-order chi connectivity index (χ1) is 13.1. The van der Waals surface area contributed by atoms with Gasteiger partial charge in [0, 0.05) is 19.6 Å². The van der Waals surface area contributed by atoms with Gasteiger partial charge < -0.3 is 19.9 Å². The molecule has 1 aliphatic rings. The van der Waals surface area contributed by atoms with E-state index in [1.807, 2.05) is 19.1 Å². The molecule has 0 aromatic heterocycles. The molecule has 27 heavy (non-hydrogen) atoms. The van der Waals surface area contributed by atoms with Crippen molar-refractivity contribution < 1.29 is 19.1 Å². The van der Waals surface area contributed by atoms with Gasteiger partial charge in [0.1, 0.15) is 11.8 Å². The van der Waals surface area contributed by atoms with Crippen molar-refractivity contribution in [2.45, 2.75) is 52.1 Å². The fourth-order valence-corrected chi connectivity index (χ4v) is 3.24. The Kier molecular flexibility index (Phi) is 8.10. The van der Waals surface area contributed by atoms with Crippen molar-refractivity contribution in [3.8, 4) is 5.75 Å². The quantitative estimate of drug-likeness (QED) is 0.476. The number of nitrogens with zero attached hydrogens (tertiary/aromatic N) is 2. The molecule has 1 aromatic carbocycles. The molecule has 7 nitrogen and oxygen atoms in total. The lowest BCUT2D eigenvalue weighted by Gasteiger charge is -2.20. The van der Waals surface area contributed by atoms with Crippen LogP contribution in [0, 0.1) is 0 Å². The second-order valence-electron chi connectivity index (χ2n) is 6.67. The Morgan fingerprint density at radius 2 is 1.96 bits per heavy atom. The molecule has 1 fully saturated rings. The van der Waals surface area contributed by atoms with Gasteiger partial charge in [-0.3, -0.25) is 9.59 Å². The van der Waals surface area contributed by atoms with Crippen molar-refractivity contribution in [2.75, 3.05) is 19.6 Å². The molecule has 3 amide bonds. The Hall–Kier alpha value is -2.57. The minimum atomic E-state index is -0.452. The highest BCUT2D eigenvalue weighted by molar-refractivity contribution is 5.90. The van der Waals surface area contributed by atoms with Crippen LogP contribution in [0.5, 0.6) is 5.75 Å². The summed E-state index contributed by atoms with van der Waals surface area (Å²) < 4.78 is 4.77. The van der Waals surface area contributed by atoms with Crippen molar-refractivity contribution in [1.82, 2.24) is 15.1 Å². The number of urea groups is 1. The van der Waals surface area contributed by atoms with Crippen LogP contribution in [0.1, 0.15) is 45.1 Å². The highest BCUT2D eigenvalue weighted by Gasteiger charge is 2.40. The summed E-state index contributed by atoms with van der Waals surface area (Å²) in [5.41, 5.74) is 0.915. The van der Waals surface area contributed by atoms with Gasteiger partial charge in [-0.05, 0) is 31.0 Å². The second-order valence-corrected chi connectivity index (χ2v) is 6.67. The Morgan fingerprint density at radius 3 is 2.59 bits per heavy atom. The second kappa shape index (κ2) is 10.5. The molecule has 0 unspecified atom stereocenters. The van der Waals surface area contributed by atoms with E-state index in [-0.39, 0.29) is 11.9 Å². The number of hydrogen-bond acceptors (Lipinski definition) is 4. The molecule has 1 N–H and O–H groups in total. The average molecular weight is 375 g/mol. The summed E-state index contributed by atoms with van der Waals surface area (Å²) in [4.78, 5) is 38.8. The van der Waals surface area contributed by atoms with E-state index in [9.17, 15) is 14.4 Å². The topological polar surface area (TPSA) is 79.0 Å². The number of carbonyl (C=O) groups excluding carboxylic acids is 3. The maximum Gasteiger partial charge on any atom is 0.321 e. The van der Waals surface area contributed by atoms with E-state index < -0.39 is 6.04 Å². The van der Waals surface area contributed by atoms with Gasteiger partial charge in [-0.2, -0.15) is 0 Å². The highest BCUT2D eigenvalue weighted by Crippen LogP contribution is 2.20. The molecule has 7 heteroatoms. The summed E-state index contributed by atoms with van der Waals surface area (Å²) in [5, 5.41) is 2.97. The highest BCUT2D eigenvalue weighted by atomic mass is 16.5. The van der Waals surface area contributed by atoms with E-state index in [0.29, 0.717) is 38.4 Å². The Bertz CT molecular complexity index is 633. The van der Waals surface area contributed by atoms with Crippen LogP contribution in [-0.4, -0.2) is 53.9 Å². The van der Waals surface area contributed by atoms with Crippen LogP contribution in [0.4, 0.5) is 4.79 Å². The Morgan fingerprint density at radius 1 is 1.22 bits per heavy atom. The summed E-state index contributed by atoms with van der Waals surface area (Å²) in [7, 11) is 0. The molecule has 0 radical (unpaired) electrons. The largest absolute Gasteiger partial charge is 0.429 e. The SMILES string of the molecule is CCCCCCNC(=O)[C@@H]1CN(Cc2ccc(OC=O)cc2)C(=O)N1CC. The van der Waals surface area contributed by atoms with Gasteiger partial charge in [0.15, 0.2) is 0 Å². The third-order valence-corrected chi connectivity index (χ3v) is 4.74. The van der Waals surface area contributed by atoms with Gasteiger partial charge in [-0.25, -0.2) is 4.79 Å². The van der Waals surface area contributed by atoms with Crippen LogP contribution in [-0.2, 0) is 16.1 Å². The molecule has 1 aromatic rings. The number of likely N-dealkylation sites (N-methyl/N-ethyl adjacent to an activating group) is 1. The fourth-order valence-electron chi connectivity index (χ4n) is 3.24. The van der Waals surface area contributed by atoms with Crippen molar-refractivity contribution in [1.29, 1.82) is 0 Å². The lowest BCUT2D eigenvalue weighted by atomic mass is 10.2. The first-order valence-corrected chi connectivity index (χ1v) is 9.63. The van der Waals surface area contributed by atoms with E-state index in [1.54, 1.807) is 21.9 Å². The molecule has 1 atom stereocenters. The summed E-state index contributed by atoms with van der Waals surface area (Å²) in [5.74, 6) is 0.371. The fraction of sp³-hybridized carbons (Fsp3) is 0.550. The lowest BCUT2D eigenvalue weighted by molar-refractivity contribution is -0.124. The molecule has 1 heterocycles. The summed E-state index contributed by atoms with van der Waals surface area (Å²) in [6, 6.07) is 6.40. The van der Waals surface area contributed by atoms with Gasteiger partial charge in [-0.1, -0.05) is 38.3 Å². The average Bonchev–Trinajstić information content (AvgIpc) is 2.99. The molecule has 0 spiro atoms. The minimum absolute atomic E-state index is 0.0843. The normalized spacial score (nSPS) is 16.5. The monoisotopic (exact) mass is 375 g/mol. The smallest absolute Gasteiger partial charge is 0.321 e. The third kappa shape index (κ3) is 5.70. The number of carbonyl (C=O) groups is 3. The van der Waals surface area contributed by atoms with Crippen LogP contribution in [0.3, 0.4) is 0 Å². The van der Waals surface area contributed by atoms with Crippen molar-refractivity contribution >= 4 is 18.4 Å². The molecular weight excluding hydrogens is 346 g/mol. The Labute approximate surface area is 160 Å². The van der Waals surface area contributed by atoms with Gasteiger partial charge >= 0.3 is 6.03 Å². The van der Waals surface area contributed by atoms with Gasteiger partial charge in [0.25, 0.3) is 6.47 Å². The summed E-state index contributed by atoms with van der Waals surface area (Å²) in [6.07, 6.45) is 4.40. The van der Waals surface area contributed by atoms with E-state index in [4.69, 9.17) is 4.74 Å². The zero-order valence-electron chi connectivity index (χ0n) is 16.1. The Balaban J connectivity index is 1.92. The number of rotatable bonds is 11. The molecule has 1 aliphatic heterocycles. The van der Waals surface area contributed by atoms with Crippen molar-refractivity contribution in [3.63, 3.8) is 0 Å². The van der Waals surface area contributed by atoms with Gasteiger partial charge in [0.05, 0.1) is 6.54 Å². The van der Waals surface area contributed by atoms with Crippen molar-refractivity contribution in [3.05, 3.63) is 29.8 Å². The van der Waals surface area contributed by atoms with Crippen LogP contribution in [0.25, 0.3) is 0 Å². The molecule has 148 valence electrons. The predicted octanol–water partition coefficient (Wildman–Crippen LogP) is 2.54. The maximum absolute atomic E-state index is 12.6. The van der Waals surface area contributed by atoms with Crippen LogP contribution in [0.2, 0.25) is 0 Å². The van der Waals surface area contributed by atoms with E-state index >= 15 is 0 Å². The number of ether oxygens (including phenoxy) is 1. The van der Waals surface area contributed by atoms with Crippen LogP contribution in [0.15, 0.2) is 24.3 Å².